The Hall–Kier alpha value is -4.84. The molecule has 0 fully saturated rings. The quantitative estimate of drug-likeness (QED) is 0.145. The summed E-state index contributed by atoms with van der Waals surface area (Å²) < 4.78 is 17.5. The molecule has 49 heavy (non-hydrogen) atoms. The molecule has 0 aliphatic heterocycles. The summed E-state index contributed by atoms with van der Waals surface area (Å²) in [6.07, 6.45) is 1.13. The molecule has 1 heterocycles. The van der Waals surface area contributed by atoms with Crippen LogP contribution in [-0.4, -0.2) is 58.6 Å². The number of imidazole rings is 1. The average Bonchev–Trinajstić information content (AvgIpc) is 3.53. The third kappa shape index (κ3) is 9.20. The first-order valence-electron chi connectivity index (χ1n) is 15.8. The van der Waals surface area contributed by atoms with E-state index in [0.717, 1.165) is 38.0 Å². The van der Waals surface area contributed by atoms with Crippen molar-refractivity contribution in [3.63, 3.8) is 0 Å². The van der Waals surface area contributed by atoms with Crippen LogP contribution in [0.15, 0.2) is 65.3 Å². The van der Waals surface area contributed by atoms with Crippen LogP contribution in [0.1, 0.15) is 72.2 Å². The van der Waals surface area contributed by atoms with Crippen molar-refractivity contribution in [2.75, 3.05) is 14.2 Å². The van der Waals surface area contributed by atoms with Crippen LogP contribution in [-0.2, 0) is 22.5 Å². The van der Waals surface area contributed by atoms with Gasteiger partial charge in [0.1, 0.15) is 17.5 Å². The summed E-state index contributed by atoms with van der Waals surface area (Å²) in [4.78, 5) is 49.8. The summed E-state index contributed by atoms with van der Waals surface area (Å²) >= 11 is 3.61. The molecule has 4 N–H and O–H groups in total. The van der Waals surface area contributed by atoms with Crippen LogP contribution < -0.4 is 20.5 Å². The number of benzene rings is 3. The highest BCUT2D eigenvalue weighted by molar-refractivity contribution is 9.10. The number of hydrogen-bond acceptors (Lipinski definition) is 7. The second-order valence-electron chi connectivity index (χ2n) is 12.8. The molecule has 3 amide bonds. The number of aromatic nitrogens is 2. The highest BCUT2D eigenvalue weighted by Crippen LogP contribution is 2.32. The van der Waals surface area contributed by atoms with Gasteiger partial charge >= 0.3 is 6.09 Å². The highest BCUT2D eigenvalue weighted by Gasteiger charge is 2.33. The Labute approximate surface area is 295 Å². The largest absolute Gasteiger partial charge is 0.493 e. The normalized spacial score (nSPS) is 12.5. The molecule has 3 aromatic carbocycles. The summed E-state index contributed by atoms with van der Waals surface area (Å²) in [5.74, 6) is 0.695. The number of hydrogen-bond donors (Lipinski definition) is 3. The van der Waals surface area contributed by atoms with Gasteiger partial charge in [0.25, 0.3) is 0 Å². The minimum Gasteiger partial charge on any atom is -0.493 e. The Bertz CT molecular complexity index is 1810. The zero-order valence-electron chi connectivity index (χ0n) is 29.1. The van der Waals surface area contributed by atoms with Crippen LogP contribution in [0.3, 0.4) is 0 Å². The molecule has 0 saturated carbocycles. The lowest BCUT2D eigenvalue weighted by Crippen LogP contribution is -2.51. The summed E-state index contributed by atoms with van der Waals surface area (Å²) in [7, 11) is 3.11. The topological polar surface area (TPSA) is 149 Å². The molecule has 11 nitrogen and oxygen atoms in total. The van der Waals surface area contributed by atoms with E-state index < -0.39 is 29.7 Å². The van der Waals surface area contributed by atoms with Crippen LogP contribution in [0.5, 0.6) is 11.5 Å². The lowest BCUT2D eigenvalue weighted by Gasteiger charge is -2.33. The second-order valence-corrected chi connectivity index (χ2v) is 13.7. The van der Waals surface area contributed by atoms with Gasteiger partial charge in [-0.2, -0.15) is 0 Å². The number of ether oxygens (including phenoxy) is 3. The number of H-pyrrole nitrogens is 1. The van der Waals surface area contributed by atoms with Crippen molar-refractivity contribution in [2.45, 2.75) is 72.2 Å². The van der Waals surface area contributed by atoms with Crippen molar-refractivity contribution in [3.05, 3.63) is 98.9 Å². The van der Waals surface area contributed by atoms with E-state index in [-0.39, 0.29) is 18.9 Å². The maximum atomic E-state index is 14.9. The minimum atomic E-state index is -1.05. The lowest BCUT2D eigenvalue weighted by molar-refractivity contribution is -0.136. The van der Waals surface area contributed by atoms with E-state index in [1.54, 1.807) is 64.3 Å². The number of alkyl carbamates (subject to hydrolysis) is 1. The Morgan fingerprint density at radius 1 is 1.00 bits per heavy atom. The van der Waals surface area contributed by atoms with Gasteiger partial charge in [-0.15, -0.1) is 0 Å². The van der Waals surface area contributed by atoms with Crippen molar-refractivity contribution in [3.8, 4) is 22.8 Å². The lowest BCUT2D eigenvalue weighted by atomic mass is 9.93. The van der Waals surface area contributed by atoms with Gasteiger partial charge in [0, 0.05) is 28.6 Å². The number of methoxy groups -OCH3 is 2. The Morgan fingerprint density at radius 3 is 2.24 bits per heavy atom. The number of rotatable bonds is 12. The van der Waals surface area contributed by atoms with E-state index in [1.807, 2.05) is 57.2 Å². The van der Waals surface area contributed by atoms with Crippen molar-refractivity contribution < 1.29 is 28.6 Å². The van der Waals surface area contributed by atoms with E-state index in [4.69, 9.17) is 19.9 Å². The maximum absolute atomic E-state index is 14.9. The van der Waals surface area contributed by atoms with Gasteiger partial charge < -0.3 is 35.1 Å². The maximum Gasteiger partial charge on any atom is 0.408 e. The molecule has 12 heteroatoms. The van der Waals surface area contributed by atoms with E-state index >= 15 is 0 Å². The fourth-order valence-electron chi connectivity index (χ4n) is 5.61. The number of carbonyl (C=O) groups excluding carboxylic acids is 3. The fourth-order valence-corrected chi connectivity index (χ4v) is 6.10. The third-order valence-electron chi connectivity index (χ3n) is 8.08. The summed E-state index contributed by atoms with van der Waals surface area (Å²) in [5, 5.41) is 2.84. The zero-order valence-corrected chi connectivity index (χ0v) is 30.7. The molecule has 260 valence electrons. The Kier molecular flexibility index (Phi) is 11.8. The first-order valence-corrected chi connectivity index (χ1v) is 16.6. The summed E-state index contributed by atoms with van der Waals surface area (Å²) in [6, 6.07) is 15.0. The first kappa shape index (κ1) is 37.0. The number of nitrogens with two attached hydrogens (primary N) is 1. The van der Waals surface area contributed by atoms with E-state index in [9.17, 15) is 14.4 Å². The number of halogens is 1. The van der Waals surface area contributed by atoms with Gasteiger partial charge in [-0.3, -0.25) is 9.59 Å². The van der Waals surface area contributed by atoms with Crippen molar-refractivity contribution in [1.82, 2.24) is 20.2 Å². The van der Waals surface area contributed by atoms with Gasteiger partial charge in [0.2, 0.25) is 11.8 Å². The Morgan fingerprint density at radius 2 is 1.65 bits per heavy atom. The number of carbonyl (C=O) groups is 3. The van der Waals surface area contributed by atoms with Crippen molar-refractivity contribution in [2.24, 2.45) is 5.73 Å². The predicted octanol–water partition coefficient (Wildman–Crippen LogP) is 6.80. The molecule has 0 aliphatic rings. The molecular formula is C37H44BrN5O6. The van der Waals surface area contributed by atoms with Crippen LogP contribution in [0, 0.1) is 13.8 Å². The molecule has 0 saturated heterocycles. The fraction of sp³-hybridized carbons (Fsp3) is 0.351. The molecule has 4 aromatic rings. The summed E-state index contributed by atoms with van der Waals surface area (Å²) in [5.41, 5.74) is 9.92. The molecule has 2 atom stereocenters. The minimum absolute atomic E-state index is 0.129. The van der Waals surface area contributed by atoms with Gasteiger partial charge in [0.15, 0.2) is 11.5 Å². The van der Waals surface area contributed by atoms with Gasteiger partial charge in [0.05, 0.1) is 32.2 Å². The van der Waals surface area contributed by atoms with Gasteiger partial charge in [-0.1, -0.05) is 40.2 Å². The number of nitrogens with zero attached hydrogens (tertiary/aromatic N) is 2. The second kappa shape index (κ2) is 15.6. The molecule has 0 radical (unpaired) electrons. The molecule has 2 unspecified atom stereocenters. The van der Waals surface area contributed by atoms with E-state index in [2.05, 4.69) is 31.2 Å². The number of amides is 3. The number of primary amides is 1. The van der Waals surface area contributed by atoms with Gasteiger partial charge in [-0.25, -0.2) is 9.78 Å². The molecule has 4 rings (SSSR count). The Balaban J connectivity index is 1.79. The SMILES string of the molecule is COc1ccc(CN(C(=O)C(Cc2c(C)cc(C(N)=O)cc2C)NC(=O)OC(C)(C)C)C(C)c2ncc(-c3ccccc3Br)[nH]2)cc1OC. The highest BCUT2D eigenvalue weighted by atomic mass is 79.9. The smallest absolute Gasteiger partial charge is 0.408 e. The standard InChI is InChI=1S/C37H44BrN5O6/c1-21-15-25(33(39)44)16-22(2)27(21)18-29(42-36(46)49-37(4,5)6)35(45)43(20-24-13-14-31(47-7)32(17-24)48-8)23(3)34-40-19-30(41-34)26-11-9-10-12-28(26)38/h9-17,19,23,29H,18,20H2,1-8H3,(H2,39,44)(H,40,41)(H,42,46). The molecule has 0 aliphatic carbocycles. The van der Waals surface area contributed by atoms with Crippen LogP contribution >= 0.6 is 15.9 Å². The van der Waals surface area contributed by atoms with Crippen LogP contribution in [0.4, 0.5) is 4.79 Å². The monoisotopic (exact) mass is 733 g/mol. The molecule has 0 bridgehead atoms. The van der Waals surface area contributed by atoms with E-state index in [0.29, 0.717) is 22.9 Å². The van der Waals surface area contributed by atoms with E-state index in [1.165, 1.54) is 0 Å². The van der Waals surface area contributed by atoms with Gasteiger partial charge in [-0.05, 0) is 94.1 Å². The summed E-state index contributed by atoms with van der Waals surface area (Å²) in [6.45, 7) is 11.0. The first-order chi connectivity index (χ1) is 23.1. The van der Waals surface area contributed by atoms with Crippen LogP contribution in [0.2, 0.25) is 0 Å². The number of aryl methyl sites for hydroxylation is 2. The molecule has 0 spiro atoms. The number of aromatic amines is 1. The van der Waals surface area contributed by atoms with Crippen molar-refractivity contribution in [1.29, 1.82) is 0 Å². The molecular weight excluding hydrogens is 690 g/mol. The predicted molar refractivity (Wildman–Crippen MR) is 192 cm³/mol. The average molecular weight is 735 g/mol. The molecule has 1 aromatic heterocycles. The number of nitrogens with one attached hydrogen (secondary N) is 2. The third-order valence-corrected chi connectivity index (χ3v) is 8.78. The van der Waals surface area contributed by atoms with Crippen LogP contribution in [0.25, 0.3) is 11.3 Å². The van der Waals surface area contributed by atoms with Crippen molar-refractivity contribution >= 4 is 33.8 Å². The zero-order chi connectivity index (χ0) is 36.0.